The summed E-state index contributed by atoms with van der Waals surface area (Å²) in [4.78, 5) is 52.0. The number of esters is 2. The van der Waals surface area contributed by atoms with Crippen LogP contribution in [-0.2, 0) is 32.0 Å². The molecular formula is C33H37N5O8S2. The van der Waals surface area contributed by atoms with E-state index in [0.29, 0.717) is 33.7 Å². The molecule has 2 amide bonds. The summed E-state index contributed by atoms with van der Waals surface area (Å²) < 4.78 is 22.8. The Morgan fingerprint density at radius 2 is 1.62 bits per heavy atom. The first-order valence-electron chi connectivity index (χ1n) is 15.0. The molecular weight excluding hydrogens is 659 g/mol. The third-order valence-electron chi connectivity index (χ3n) is 6.97. The Hall–Kier alpha value is -4.89. The zero-order valence-corrected chi connectivity index (χ0v) is 29.1. The van der Waals surface area contributed by atoms with Crippen LogP contribution in [0, 0.1) is 6.92 Å². The molecule has 0 aliphatic rings. The summed E-state index contributed by atoms with van der Waals surface area (Å²) in [5.41, 5.74) is 1.89. The van der Waals surface area contributed by atoms with E-state index in [9.17, 15) is 19.2 Å². The monoisotopic (exact) mass is 695 g/mol. The SMILES string of the molecule is CCOC(=O)c1sc(NC(=O)[C@H](C)Sc2nnc(CNC(=O)Cc3ccc(OC)cc3)n2-c2ccccc2OC)c(C(=O)OCC)c1C. The maximum absolute atomic E-state index is 13.5. The number of hydrogen-bond donors (Lipinski definition) is 2. The van der Waals surface area contributed by atoms with Gasteiger partial charge in [-0.1, -0.05) is 36.0 Å². The molecule has 15 heteroatoms. The molecule has 0 fully saturated rings. The summed E-state index contributed by atoms with van der Waals surface area (Å²) in [6, 6.07) is 14.5. The Labute approximate surface area is 286 Å². The molecule has 0 bridgehead atoms. The number of aromatic nitrogens is 3. The second-order valence-electron chi connectivity index (χ2n) is 10.2. The second kappa shape index (κ2) is 16.8. The molecule has 254 valence electrons. The average Bonchev–Trinajstić information content (AvgIpc) is 3.63. The predicted octanol–water partition coefficient (Wildman–Crippen LogP) is 4.99. The van der Waals surface area contributed by atoms with Crippen molar-refractivity contribution in [3.8, 4) is 17.2 Å². The zero-order valence-electron chi connectivity index (χ0n) is 27.4. The van der Waals surface area contributed by atoms with E-state index in [-0.39, 0.29) is 47.5 Å². The van der Waals surface area contributed by atoms with Crippen LogP contribution in [0.1, 0.15) is 57.8 Å². The van der Waals surface area contributed by atoms with Gasteiger partial charge in [0.2, 0.25) is 11.8 Å². The zero-order chi connectivity index (χ0) is 34.8. The minimum atomic E-state index is -0.747. The number of nitrogens with zero attached hydrogens (tertiary/aromatic N) is 3. The molecule has 0 unspecified atom stereocenters. The van der Waals surface area contributed by atoms with Crippen molar-refractivity contribution < 1.29 is 38.1 Å². The largest absolute Gasteiger partial charge is 0.497 e. The van der Waals surface area contributed by atoms with Crippen LogP contribution in [0.25, 0.3) is 5.69 Å². The maximum atomic E-state index is 13.5. The first-order chi connectivity index (χ1) is 23.1. The molecule has 0 aliphatic carbocycles. The van der Waals surface area contributed by atoms with Gasteiger partial charge in [0, 0.05) is 0 Å². The lowest BCUT2D eigenvalue weighted by molar-refractivity contribution is -0.120. The number of anilines is 1. The molecule has 13 nitrogen and oxygen atoms in total. The lowest BCUT2D eigenvalue weighted by atomic mass is 10.1. The molecule has 1 atom stereocenters. The Kier molecular flexibility index (Phi) is 12.6. The number of benzene rings is 2. The molecule has 0 radical (unpaired) electrons. The summed E-state index contributed by atoms with van der Waals surface area (Å²) in [5, 5.41) is 14.2. The Morgan fingerprint density at radius 3 is 2.29 bits per heavy atom. The topological polar surface area (TPSA) is 160 Å². The summed E-state index contributed by atoms with van der Waals surface area (Å²) in [6.45, 7) is 6.95. The van der Waals surface area contributed by atoms with Gasteiger partial charge in [0.05, 0.1) is 56.9 Å². The van der Waals surface area contributed by atoms with Gasteiger partial charge in [-0.2, -0.15) is 0 Å². The fourth-order valence-corrected chi connectivity index (χ4v) is 6.55. The Morgan fingerprint density at radius 1 is 0.938 bits per heavy atom. The van der Waals surface area contributed by atoms with Crippen LogP contribution < -0.4 is 20.1 Å². The number of nitrogens with one attached hydrogen (secondary N) is 2. The predicted molar refractivity (Wildman–Crippen MR) is 181 cm³/mol. The number of ether oxygens (including phenoxy) is 4. The van der Waals surface area contributed by atoms with Crippen LogP contribution in [0.15, 0.2) is 53.7 Å². The van der Waals surface area contributed by atoms with E-state index in [1.165, 1.54) is 7.11 Å². The molecule has 2 aromatic heterocycles. The van der Waals surface area contributed by atoms with Crippen molar-refractivity contribution in [2.45, 2.75) is 51.1 Å². The molecule has 4 rings (SSSR count). The fourth-order valence-electron chi connectivity index (χ4n) is 4.58. The van der Waals surface area contributed by atoms with Crippen LogP contribution in [-0.4, -0.2) is 71.2 Å². The van der Waals surface area contributed by atoms with Crippen LogP contribution >= 0.6 is 23.1 Å². The highest BCUT2D eigenvalue weighted by Crippen LogP contribution is 2.36. The highest BCUT2D eigenvalue weighted by molar-refractivity contribution is 8.00. The standard InChI is InChI=1S/C33H37N5O8S2/c1-7-45-31(41)27-19(3)28(32(42)46-8-2)48-30(27)35-29(40)20(4)47-33-37-36-25(38(33)23-11-9-10-12-24(23)44-6)18-34-26(39)17-21-13-15-22(43-5)16-14-21/h9-16,20H,7-8,17-18H2,1-6H3,(H,34,39)(H,35,40)/t20-/m0/s1. The van der Waals surface area contributed by atoms with E-state index >= 15 is 0 Å². The van der Waals surface area contributed by atoms with Gasteiger partial charge in [-0.3, -0.25) is 14.2 Å². The van der Waals surface area contributed by atoms with E-state index in [2.05, 4.69) is 20.8 Å². The van der Waals surface area contributed by atoms with Gasteiger partial charge in [-0.05, 0) is 63.1 Å². The molecule has 2 heterocycles. The molecule has 48 heavy (non-hydrogen) atoms. The molecule has 0 saturated heterocycles. The minimum Gasteiger partial charge on any atom is -0.497 e. The van der Waals surface area contributed by atoms with E-state index < -0.39 is 23.1 Å². The number of amides is 2. The molecule has 0 aliphatic heterocycles. The Bertz CT molecular complexity index is 1770. The highest BCUT2D eigenvalue weighted by Gasteiger charge is 2.29. The number of thiophene rings is 1. The average molecular weight is 696 g/mol. The van der Waals surface area contributed by atoms with Crippen molar-refractivity contribution >= 4 is 51.9 Å². The van der Waals surface area contributed by atoms with Crippen LogP contribution in [0.4, 0.5) is 5.00 Å². The van der Waals surface area contributed by atoms with Gasteiger partial charge in [-0.15, -0.1) is 21.5 Å². The van der Waals surface area contributed by atoms with Gasteiger partial charge in [0.25, 0.3) is 0 Å². The van der Waals surface area contributed by atoms with Gasteiger partial charge >= 0.3 is 11.9 Å². The number of para-hydroxylation sites is 2. The van der Waals surface area contributed by atoms with Crippen LogP contribution in [0.3, 0.4) is 0 Å². The van der Waals surface area contributed by atoms with E-state index in [1.807, 2.05) is 30.3 Å². The smallest absolute Gasteiger partial charge is 0.348 e. The van der Waals surface area contributed by atoms with Crippen LogP contribution in [0.2, 0.25) is 0 Å². The van der Waals surface area contributed by atoms with Crippen molar-refractivity contribution in [2.24, 2.45) is 0 Å². The first-order valence-corrected chi connectivity index (χ1v) is 16.7. The molecule has 0 saturated carbocycles. The van der Waals surface area contributed by atoms with Gasteiger partial charge in [0.15, 0.2) is 11.0 Å². The van der Waals surface area contributed by atoms with E-state index in [0.717, 1.165) is 28.7 Å². The number of carbonyl (C=O) groups excluding carboxylic acids is 4. The van der Waals surface area contributed by atoms with E-state index in [4.69, 9.17) is 18.9 Å². The minimum absolute atomic E-state index is 0.0508. The number of carbonyl (C=O) groups is 4. The summed E-state index contributed by atoms with van der Waals surface area (Å²) in [7, 11) is 3.12. The fraction of sp³-hybridized carbons (Fsp3) is 0.333. The molecule has 4 aromatic rings. The van der Waals surface area contributed by atoms with Gasteiger partial charge in [-0.25, -0.2) is 9.59 Å². The summed E-state index contributed by atoms with van der Waals surface area (Å²) in [5.74, 6) is -0.289. The van der Waals surface area contributed by atoms with Crippen molar-refractivity contribution in [2.75, 3.05) is 32.8 Å². The van der Waals surface area contributed by atoms with Crippen molar-refractivity contribution in [3.05, 3.63) is 75.9 Å². The van der Waals surface area contributed by atoms with Gasteiger partial charge < -0.3 is 29.6 Å². The molecule has 2 aromatic carbocycles. The summed E-state index contributed by atoms with van der Waals surface area (Å²) in [6.07, 6.45) is 0.152. The molecule has 0 spiro atoms. The van der Waals surface area contributed by atoms with Crippen molar-refractivity contribution in [3.63, 3.8) is 0 Å². The highest BCUT2D eigenvalue weighted by atomic mass is 32.2. The number of methoxy groups -OCH3 is 2. The van der Waals surface area contributed by atoms with E-state index in [1.54, 1.807) is 57.6 Å². The normalized spacial score (nSPS) is 11.4. The number of rotatable bonds is 15. The van der Waals surface area contributed by atoms with Crippen LogP contribution in [0.5, 0.6) is 11.5 Å². The van der Waals surface area contributed by atoms with Crippen molar-refractivity contribution in [1.82, 2.24) is 20.1 Å². The third-order valence-corrected chi connectivity index (χ3v) is 9.20. The Balaban J connectivity index is 1.57. The lowest BCUT2D eigenvalue weighted by Gasteiger charge is -2.16. The summed E-state index contributed by atoms with van der Waals surface area (Å²) >= 11 is 2.06. The molecule has 2 N–H and O–H groups in total. The number of hydrogen-bond acceptors (Lipinski definition) is 12. The van der Waals surface area contributed by atoms with Gasteiger partial charge in [0.1, 0.15) is 21.4 Å². The third kappa shape index (κ3) is 8.52. The number of thioether (sulfide) groups is 1. The quantitative estimate of drug-likeness (QED) is 0.127. The lowest BCUT2D eigenvalue weighted by Crippen LogP contribution is -2.26. The van der Waals surface area contributed by atoms with Crippen molar-refractivity contribution in [1.29, 1.82) is 0 Å². The maximum Gasteiger partial charge on any atom is 0.348 e. The second-order valence-corrected chi connectivity index (χ2v) is 12.5. The first kappa shape index (κ1) is 36.0.